The normalized spacial score (nSPS) is 17.7. The second kappa shape index (κ2) is 7.88. The number of carbonyl (C=O) groups is 1. The predicted molar refractivity (Wildman–Crippen MR) is 123 cm³/mol. The van der Waals surface area contributed by atoms with Gasteiger partial charge >= 0.3 is 5.97 Å². The fraction of sp³-hybridized carbons (Fsp3) is 0.370. The van der Waals surface area contributed by atoms with Gasteiger partial charge in [-0.25, -0.2) is 0 Å². The lowest BCUT2D eigenvalue weighted by Gasteiger charge is -2.39. The van der Waals surface area contributed by atoms with Crippen molar-refractivity contribution in [3.63, 3.8) is 0 Å². The summed E-state index contributed by atoms with van der Waals surface area (Å²) in [5.41, 5.74) is 4.62. The highest BCUT2D eigenvalue weighted by Crippen LogP contribution is 2.37. The van der Waals surface area contributed by atoms with E-state index in [0.29, 0.717) is 18.1 Å². The van der Waals surface area contributed by atoms with Crippen LogP contribution in [0.15, 0.2) is 54.6 Å². The minimum atomic E-state index is -0.197. The summed E-state index contributed by atoms with van der Waals surface area (Å²) in [5, 5.41) is 6.21. The van der Waals surface area contributed by atoms with Gasteiger partial charge in [-0.3, -0.25) is 4.79 Å². The molecular formula is C27H31NO2. The first-order valence-corrected chi connectivity index (χ1v) is 10.8. The van der Waals surface area contributed by atoms with Crippen molar-refractivity contribution in [2.24, 2.45) is 0 Å². The third-order valence-electron chi connectivity index (χ3n) is 6.02. The van der Waals surface area contributed by atoms with Crippen molar-refractivity contribution in [2.45, 2.75) is 65.0 Å². The number of aryl methyl sites for hydroxylation is 1. The molecule has 4 rings (SSSR count). The van der Waals surface area contributed by atoms with E-state index in [1.807, 2.05) is 13.0 Å². The number of hydrogen-bond donors (Lipinski definition) is 1. The van der Waals surface area contributed by atoms with Gasteiger partial charge in [0.25, 0.3) is 0 Å². The third kappa shape index (κ3) is 4.13. The van der Waals surface area contributed by atoms with Gasteiger partial charge in [0.1, 0.15) is 5.75 Å². The van der Waals surface area contributed by atoms with Crippen LogP contribution in [0.2, 0.25) is 0 Å². The Morgan fingerprint density at radius 3 is 2.67 bits per heavy atom. The fourth-order valence-electron chi connectivity index (χ4n) is 4.62. The standard InChI is InChI=1S/C27H31NO2/c1-17(2)20-12-10-18(3)14-25(20)30-26(29)15-24-22-13-11-19-8-6-7-9-21(19)23(22)16-27(4,5)28-24/h6-14,17,24,28H,15-16H2,1-5H3. The van der Waals surface area contributed by atoms with Crippen molar-refractivity contribution in [1.82, 2.24) is 5.32 Å². The molecule has 0 spiro atoms. The summed E-state index contributed by atoms with van der Waals surface area (Å²) in [5.74, 6) is 0.785. The lowest BCUT2D eigenvalue weighted by atomic mass is 9.80. The van der Waals surface area contributed by atoms with Gasteiger partial charge in [-0.2, -0.15) is 0 Å². The summed E-state index contributed by atoms with van der Waals surface area (Å²) in [4.78, 5) is 13.0. The number of fused-ring (bicyclic) bond motifs is 3. The molecule has 1 aliphatic heterocycles. The van der Waals surface area contributed by atoms with Crippen LogP contribution in [0.5, 0.6) is 5.75 Å². The second-order valence-corrected chi connectivity index (χ2v) is 9.49. The zero-order valence-corrected chi connectivity index (χ0v) is 18.6. The van der Waals surface area contributed by atoms with Crippen molar-refractivity contribution in [3.05, 3.63) is 76.9 Å². The highest BCUT2D eigenvalue weighted by atomic mass is 16.5. The SMILES string of the molecule is Cc1ccc(C(C)C)c(OC(=O)CC2NC(C)(C)Cc3c2ccc2ccccc32)c1. The maximum Gasteiger partial charge on any atom is 0.313 e. The van der Waals surface area contributed by atoms with Crippen LogP contribution in [-0.2, 0) is 11.2 Å². The summed E-state index contributed by atoms with van der Waals surface area (Å²) in [6.07, 6.45) is 1.24. The summed E-state index contributed by atoms with van der Waals surface area (Å²) in [7, 11) is 0. The Morgan fingerprint density at radius 2 is 1.90 bits per heavy atom. The minimum absolute atomic E-state index is 0.0619. The van der Waals surface area contributed by atoms with Gasteiger partial charge < -0.3 is 10.1 Å². The molecule has 1 atom stereocenters. The van der Waals surface area contributed by atoms with Gasteiger partial charge in [-0.15, -0.1) is 0 Å². The first-order valence-electron chi connectivity index (χ1n) is 10.8. The van der Waals surface area contributed by atoms with E-state index in [4.69, 9.17) is 4.74 Å². The molecule has 0 bridgehead atoms. The molecule has 0 aromatic heterocycles. The molecule has 3 aromatic carbocycles. The quantitative estimate of drug-likeness (QED) is 0.416. The Kier molecular flexibility index (Phi) is 5.42. The van der Waals surface area contributed by atoms with Gasteiger partial charge in [0.15, 0.2) is 0 Å². The van der Waals surface area contributed by atoms with Crippen LogP contribution < -0.4 is 10.1 Å². The van der Waals surface area contributed by atoms with Crippen molar-refractivity contribution in [3.8, 4) is 5.75 Å². The molecule has 156 valence electrons. The van der Waals surface area contributed by atoms with Gasteiger partial charge in [0, 0.05) is 11.6 Å². The van der Waals surface area contributed by atoms with E-state index in [1.54, 1.807) is 0 Å². The van der Waals surface area contributed by atoms with Crippen LogP contribution in [0.25, 0.3) is 10.8 Å². The fourth-order valence-corrected chi connectivity index (χ4v) is 4.62. The van der Waals surface area contributed by atoms with E-state index in [9.17, 15) is 4.79 Å². The Labute approximate surface area is 179 Å². The monoisotopic (exact) mass is 401 g/mol. The third-order valence-corrected chi connectivity index (χ3v) is 6.02. The van der Waals surface area contributed by atoms with E-state index in [2.05, 4.69) is 81.5 Å². The topological polar surface area (TPSA) is 38.3 Å². The number of esters is 1. The second-order valence-electron chi connectivity index (χ2n) is 9.49. The van der Waals surface area contributed by atoms with Crippen molar-refractivity contribution in [2.75, 3.05) is 0 Å². The highest BCUT2D eigenvalue weighted by Gasteiger charge is 2.33. The van der Waals surface area contributed by atoms with Crippen molar-refractivity contribution in [1.29, 1.82) is 0 Å². The van der Waals surface area contributed by atoms with Crippen LogP contribution in [-0.4, -0.2) is 11.5 Å². The Balaban J connectivity index is 1.64. The summed E-state index contributed by atoms with van der Waals surface area (Å²) < 4.78 is 5.88. The lowest BCUT2D eigenvalue weighted by Crippen LogP contribution is -2.48. The first-order chi connectivity index (χ1) is 14.2. The number of hydrogen-bond acceptors (Lipinski definition) is 3. The van der Waals surface area contributed by atoms with E-state index in [1.165, 1.54) is 21.9 Å². The Bertz CT molecular complexity index is 1100. The largest absolute Gasteiger partial charge is 0.426 e. The van der Waals surface area contributed by atoms with Gasteiger partial charge in [-0.05, 0) is 72.2 Å². The predicted octanol–water partition coefficient (Wildman–Crippen LogP) is 6.23. The van der Waals surface area contributed by atoms with Gasteiger partial charge in [-0.1, -0.05) is 62.4 Å². The van der Waals surface area contributed by atoms with Crippen LogP contribution in [0.4, 0.5) is 0 Å². The van der Waals surface area contributed by atoms with Crippen LogP contribution in [0.3, 0.4) is 0 Å². The highest BCUT2D eigenvalue weighted by molar-refractivity contribution is 5.87. The average Bonchev–Trinajstić information content (AvgIpc) is 2.66. The maximum atomic E-state index is 13.0. The molecule has 0 amide bonds. The molecule has 3 aromatic rings. The molecule has 30 heavy (non-hydrogen) atoms. The molecule has 0 fully saturated rings. The summed E-state index contributed by atoms with van der Waals surface area (Å²) in [6, 6.07) is 18.9. The van der Waals surface area contributed by atoms with E-state index in [0.717, 1.165) is 17.5 Å². The molecule has 0 saturated carbocycles. The van der Waals surface area contributed by atoms with Crippen molar-refractivity contribution >= 4 is 16.7 Å². The van der Waals surface area contributed by atoms with Crippen LogP contribution in [0, 0.1) is 6.92 Å². The minimum Gasteiger partial charge on any atom is -0.426 e. The van der Waals surface area contributed by atoms with Crippen LogP contribution >= 0.6 is 0 Å². The molecule has 1 N–H and O–H groups in total. The molecule has 1 unspecified atom stereocenters. The Hall–Kier alpha value is -2.65. The molecular weight excluding hydrogens is 370 g/mol. The number of carbonyl (C=O) groups excluding carboxylic acids is 1. The number of nitrogens with one attached hydrogen (secondary N) is 1. The van der Waals surface area contributed by atoms with Gasteiger partial charge in [0.05, 0.1) is 6.42 Å². The lowest BCUT2D eigenvalue weighted by molar-refractivity contribution is -0.135. The molecule has 0 aliphatic carbocycles. The number of ether oxygens (including phenoxy) is 1. The van der Waals surface area contributed by atoms with E-state index >= 15 is 0 Å². The number of rotatable bonds is 4. The number of benzene rings is 3. The van der Waals surface area contributed by atoms with Gasteiger partial charge in [0.2, 0.25) is 0 Å². The zero-order valence-electron chi connectivity index (χ0n) is 18.6. The molecule has 3 nitrogen and oxygen atoms in total. The van der Waals surface area contributed by atoms with Crippen molar-refractivity contribution < 1.29 is 9.53 Å². The first kappa shape index (κ1) is 20.6. The van der Waals surface area contributed by atoms with E-state index < -0.39 is 0 Å². The molecule has 1 aliphatic rings. The molecule has 0 radical (unpaired) electrons. The summed E-state index contributed by atoms with van der Waals surface area (Å²) in [6.45, 7) is 10.7. The maximum absolute atomic E-state index is 13.0. The molecule has 1 heterocycles. The summed E-state index contributed by atoms with van der Waals surface area (Å²) >= 11 is 0. The molecule has 3 heteroatoms. The molecule has 0 saturated heterocycles. The average molecular weight is 402 g/mol. The zero-order chi connectivity index (χ0) is 21.5. The van der Waals surface area contributed by atoms with E-state index in [-0.39, 0.29) is 17.6 Å². The Morgan fingerprint density at radius 1 is 1.13 bits per heavy atom. The smallest absolute Gasteiger partial charge is 0.313 e. The van der Waals surface area contributed by atoms with Crippen LogP contribution in [0.1, 0.15) is 68.3 Å².